The van der Waals surface area contributed by atoms with Crippen molar-refractivity contribution in [3.8, 4) is 0 Å². The zero-order valence-electron chi connectivity index (χ0n) is 16.0. The third kappa shape index (κ3) is 3.23. The Hall–Kier alpha value is -3.33. The van der Waals surface area contributed by atoms with Crippen LogP contribution in [-0.4, -0.2) is 33.0 Å². The molecule has 5 rings (SSSR count). The second-order valence-electron chi connectivity index (χ2n) is 7.41. The second kappa shape index (κ2) is 6.93. The molecule has 0 amide bonds. The summed E-state index contributed by atoms with van der Waals surface area (Å²) in [7, 11) is 0. The molecule has 9 heteroatoms. The van der Waals surface area contributed by atoms with Crippen molar-refractivity contribution >= 4 is 28.9 Å². The van der Waals surface area contributed by atoms with E-state index in [-0.39, 0.29) is 0 Å². The van der Waals surface area contributed by atoms with E-state index in [0.717, 1.165) is 42.5 Å². The smallest absolute Gasteiger partial charge is 0.302 e. The van der Waals surface area contributed by atoms with Crippen LogP contribution in [0.1, 0.15) is 32.6 Å². The molecule has 1 fully saturated rings. The molecule has 2 aliphatic rings. The largest absolute Gasteiger partial charge is 0.423 e. The Bertz CT molecular complexity index is 1050. The molecule has 1 unspecified atom stereocenters. The molecule has 0 saturated heterocycles. The first-order valence-corrected chi connectivity index (χ1v) is 9.69. The van der Waals surface area contributed by atoms with Crippen LogP contribution in [0.2, 0.25) is 0 Å². The van der Waals surface area contributed by atoms with E-state index in [1.54, 1.807) is 6.07 Å². The molecule has 0 radical (unpaired) electrons. The lowest BCUT2D eigenvalue weighted by molar-refractivity contribution is 0.213. The number of rotatable bonds is 4. The molecule has 1 atom stereocenters. The molecule has 1 saturated carbocycles. The third-order valence-electron chi connectivity index (χ3n) is 5.48. The lowest BCUT2D eigenvalue weighted by Gasteiger charge is -2.37. The van der Waals surface area contributed by atoms with E-state index in [1.807, 2.05) is 31.2 Å². The Balaban J connectivity index is 1.43. The number of nitrogens with zero attached hydrogens (tertiary/aromatic N) is 3. The summed E-state index contributed by atoms with van der Waals surface area (Å²) in [6, 6.07) is 9.64. The minimum Gasteiger partial charge on any atom is -0.423 e. The van der Waals surface area contributed by atoms with E-state index in [0.29, 0.717) is 23.4 Å². The van der Waals surface area contributed by atoms with Gasteiger partial charge in [0.15, 0.2) is 17.6 Å². The van der Waals surface area contributed by atoms with E-state index in [9.17, 15) is 5.11 Å². The van der Waals surface area contributed by atoms with Gasteiger partial charge in [-0.05, 0) is 31.9 Å². The van der Waals surface area contributed by atoms with Crippen molar-refractivity contribution in [2.45, 2.75) is 44.4 Å². The lowest BCUT2D eigenvalue weighted by Crippen LogP contribution is -2.47. The number of hydrogen-bond donors (Lipinski definition) is 4. The average Bonchev–Trinajstić information content (AvgIpc) is 3.42. The van der Waals surface area contributed by atoms with Gasteiger partial charge in [0.2, 0.25) is 5.96 Å². The molecule has 3 heterocycles. The minimum absolute atomic E-state index is 0.378. The number of oxazole rings is 1. The molecule has 0 bridgehead atoms. The number of aliphatic imine (C=N–C) groups is 1. The fraction of sp³-hybridized carbons (Fsp3) is 0.350. The molecule has 150 valence electrons. The van der Waals surface area contributed by atoms with Crippen LogP contribution in [-0.2, 0) is 0 Å². The molecule has 1 aromatic carbocycles. The summed E-state index contributed by atoms with van der Waals surface area (Å²) in [6.45, 7) is 1.94. The average molecular weight is 394 g/mol. The van der Waals surface area contributed by atoms with Gasteiger partial charge in [0.25, 0.3) is 0 Å². The molecule has 29 heavy (non-hydrogen) atoms. The zero-order valence-corrected chi connectivity index (χ0v) is 16.0. The number of aliphatic hydroxyl groups is 1. The van der Waals surface area contributed by atoms with E-state index in [4.69, 9.17) is 13.9 Å². The van der Waals surface area contributed by atoms with Crippen molar-refractivity contribution in [2.24, 2.45) is 4.99 Å². The number of aromatic nitrogens is 2. The fourth-order valence-electron chi connectivity index (χ4n) is 4.28. The Morgan fingerprint density at radius 2 is 2.03 bits per heavy atom. The number of aliphatic hydroxyl groups excluding tert-OH is 1. The summed E-state index contributed by atoms with van der Waals surface area (Å²) >= 11 is 0. The summed E-state index contributed by atoms with van der Waals surface area (Å²) in [5, 5.41) is 24.1. The highest BCUT2D eigenvalue weighted by Crippen LogP contribution is 2.43. The molecule has 2 aromatic heterocycles. The summed E-state index contributed by atoms with van der Waals surface area (Å²) in [5.41, 5.74) is 2.66. The van der Waals surface area contributed by atoms with Gasteiger partial charge in [-0.25, -0.2) is 4.99 Å². The van der Waals surface area contributed by atoms with Crippen LogP contribution in [0.25, 0.3) is 11.1 Å². The highest BCUT2D eigenvalue weighted by Gasteiger charge is 2.44. The molecule has 9 nitrogen and oxygen atoms in total. The Labute approximate surface area is 166 Å². The van der Waals surface area contributed by atoms with Crippen LogP contribution < -0.4 is 16.0 Å². The maximum absolute atomic E-state index is 10.9. The molecule has 4 N–H and O–H groups in total. The van der Waals surface area contributed by atoms with Crippen LogP contribution in [0, 0.1) is 0 Å². The first kappa shape index (κ1) is 17.7. The monoisotopic (exact) mass is 394 g/mol. The van der Waals surface area contributed by atoms with Gasteiger partial charge < -0.3 is 24.7 Å². The number of hydrogen-bond acceptors (Lipinski definition) is 9. The predicted octanol–water partition coefficient (Wildman–Crippen LogP) is 3.20. The highest BCUT2D eigenvalue weighted by atomic mass is 16.5. The van der Waals surface area contributed by atoms with Gasteiger partial charge in [0, 0.05) is 17.3 Å². The first-order valence-electron chi connectivity index (χ1n) is 9.69. The van der Waals surface area contributed by atoms with Crippen molar-refractivity contribution in [1.82, 2.24) is 15.5 Å². The normalized spacial score (nSPS) is 19.3. The van der Waals surface area contributed by atoms with Gasteiger partial charge >= 0.3 is 6.01 Å². The predicted molar refractivity (Wildman–Crippen MR) is 108 cm³/mol. The van der Waals surface area contributed by atoms with Crippen LogP contribution in [0.3, 0.4) is 0 Å². The van der Waals surface area contributed by atoms with Crippen molar-refractivity contribution in [2.75, 3.05) is 10.6 Å². The Kier molecular flexibility index (Phi) is 4.24. The van der Waals surface area contributed by atoms with Gasteiger partial charge in [-0.1, -0.05) is 30.1 Å². The van der Waals surface area contributed by atoms with Gasteiger partial charge in [0.05, 0.1) is 5.54 Å². The van der Waals surface area contributed by atoms with Crippen molar-refractivity contribution in [3.05, 3.63) is 47.9 Å². The maximum Gasteiger partial charge on any atom is 0.302 e. The summed E-state index contributed by atoms with van der Waals surface area (Å²) in [6.07, 6.45) is 4.34. The van der Waals surface area contributed by atoms with E-state index >= 15 is 0 Å². The summed E-state index contributed by atoms with van der Waals surface area (Å²) in [5.74, 6) is 1.04. The van der Waals surface area contributed by atoms with Crippen LogP contribution in [0.5, 0.6) is 0 Å². The zero-order chi connectivity index (χ0) is 19.8. The number of guanidine groups is 1. The summed E-state index contributed by atoms with van der Waals surface area (Å²) in [4.78, 5) is 9.41. The fourth-order valence-corrected chi connectivity index (χ4v) is 4.28. The van der Waals surface area contributed by atoms with Gasteiger partial charge in [-0.2, -0.15) is 4.98 Å². The Morgan fingerprint density at radius 3 is 2.79 bits per heavy atom. The van der Waals surface area contributed by atoms with Crippen LogP contribution in [0.15, 0.2) is 61.8 Å². The molecule has 3 aromatic rings. The van der Waals surface area contributed by atoms with E-state index in [1.165, 1.54) is 6.26 Å². The molecule has 1 aliphatic heterocycles. The number of benzene rings is 1. The third-order valence-corrected chi connectivity index (χ3v) is 5.48. The number of allylic oxidation sites excluding steroid dienone is 1. The maximum atomic E-state index is 10.9. The quantitative estimate of drug-likeness (QED) is 0.498. The van der Waals surface area contributed by atoms with E-state index in [2.05, 4.69) is 26.1 Å². The minimum atomic E-state index is -0.930. The second-order valence-corrected chi connectivity index (χ2v) is 7.41. The standard InChI is InChI=1S/C20H22N6O3/c1-12-16(17(27)23-15-8-11-28-26-15)20(9-4-5-10-20)25-18(21-12)24-19-22-13-6-2-3-7-14(13)29-19/h2-3,6-8,11,17,27H,4-5,9-10H2,1H3,(H,23,26)(H2,21,22,24,25). The Morgan fingerprint density at radius 1 is 1.21 bits per heavy atom. The highest BCUT2D eigenvalue weighted by molar-refractivity contribution is 5.95. The number of para-hydroxylation sites is 2. The number of nitrogens with one attached hydrogen (secondary N) is 3. The van der Waals surface area contributed by atoms with Crippen LogP contribution >= 0.6 is 0 Å². The summed E-state index contributed by atoms with van der Waals surface area (Å²) < 4.78 is 10.6. The van der Waals surface area contributed by atoms with Crippen molar-refractivity contribution in [1.29, 1.82) is 0 Å². The molecular weight excluding hydrogens is 372 g/mol. The van der Waals surface area contributed by atoms with E-state index < -0.39 is 11.8 Å². The topological polar surface area (TPSA) is 121 Å². The van der Waals surface area contributed by atoms with Gasteiger partial charge in [-0.15, -0.1) is 0 Å². The SMILES string of the molecule is CC1=C(C(O)Nc2ccon2)C2(CCCC2)N=C(Nc2nc3ccccc3o2)N1. The first-order chi connectivity index (χ1) is 14.1. The van der Waals surface area contributed by atoms with Crippen molar-refractivity contribution < 1.29 is 14.0 Å². The lowest BCUT2D eigenvalue weighted by atomic mass is 9.84. The molecule has 1 aliphatic carbocycles. The number of anilines is 2. The van der Waals surface area contributed by atoms with Gasteiger partial charge in [0.1, 0.15) is 11.8 Å². The van der Waals surface area contributed by atoms with Crippen LogP contribution in [0.4, 0.5) is 11.8 Å². The molecular formula is C20H22N6O3. The van der Waals surface area contributed by atoms with Gasteiger partial charge in [-0.3, -0.25) is 5.32 Å². The molecule has 1 spiro atoms. The van der Waals surface area contributed by atoms with Crippen molar-refractivity contribution in [3.63, 3.8) is 0 Å². The number of fused-ring (bicyclic) bond motifs is 1.